The summed E-state index contributed by atoms with van der Waals surface area (Å²) >= 11 is 6.15. The van der Waals surface area contributed by atoms with Gasteiger partial charge in [-0.3, -0.25) is 4.79 Å². The van der Waals surface area contributed by atoms with E-state index in [0.717, 1.165) is 32.0 Å². The van der Waals surface area contributed by atoms with Crippen molar-refractivity contribution in [3.63, 3.8) is 0 Å². The van der Waals surface area contributed by atoms with Gasteiger partial charge in [0.15, 0.2) is 6.29 Å². The largest absolute Gasteiger partial charge is 0.388 e. The molecule has 1 aromatic rings. The Morgan fingerprint density at radius 3 is 2.72 bits per heavy atom. The standard InChI is InChI=1S/C14H18ClNO2/c1-16(10-14(18)7-2-3-8-14)13-11(9-17)5-4-6-12(13)15/h4-6,9,18H,2-3,7-8,10H2,1H3. The predicted octanol–water partition coefficient (Wildman–Crippen LogP) is 2.89. The van der Waals surface area contributed by atoms with Gasteiger partial charge in [0.1, 0.15) is 0 Å². The summed E-state index contributed by atoms with van der Waals surface area (Å²) in [6, 6.07) is 5.26. The van der Waals surface area contributed by atoms with Crippen molar-refractivity contribution in [2.24, 2.45) is 0 Å². The number of anilines is 1. The lowest BCUT2D eigenvalue weighted by molar-refractivity contribution is 0.0559. The van der Waals surface area contributed by atoms with Crippen LogP contribution in [0, 0.1) is 0 Å². The molecule has 1 saturated carbocycles. The van der Waals surface area contributed by atoms with Crippen LogP contribution in [0.1, 0.15) is 36.0 Å². The highest BCUT2D eigenvalue weighted by molar-refractivity contribution is 6.33. The minimum absolute atomic E-state index is 0.511. The highest BCUT2D eigenvalue weighted by atomic mass is 35.5. The molecule has 0 atom stereocenters. The number of aliphatic hydroxyl groups is 1. The maximum absolute atomic E-state index is 11.1. The molecule has 0 amide bonds. The first-order chi connectivity index (χ1) is 8.56. The second-order valence-electron chi connectivity index (χ2n) is 5.08. The molecule has 0 heterocycles. The maximum Gasteiger partial charge on any atom is 0.152 e. The first kappa shape index (κ1) is 13.4. The SMILES string of the molecule is CN(CC1(O)CCCC1)c1c(Cl)cccc1C=O. The van der Waals surface area contributed by atoms with Crippen LogP contribution in [0.2, 0.25) is 5.02 Å². The van der Waals surface area contributed by atoms with Gasteiger partial charge < -0.3 is 10.0 Å². The van der Waals surface area contributed by atoms with E-state index < -0.39 is 5.60 Å². The fraction of sp³-hybridized carbons (Fsp3) is 0.500. The molecule has 18 heavy (non-hydrogen) atoms. The highest BCUT2D eigenvalue weighted by Crippen LogP contribution is 2.34. The molecule has 0 bridgehead atoms. The molecule has 1 aliphatic carbocycles. The number of rotatable bonds is 4. The third-order valence-electron chi connectivity index (χ3n) is 3.59. The Balaban J connectivity index is 2.23. The molecule has 0 spiro atoms. The maximum atomic E-state index is 11.1. The van der Waals surface area contributed by atoms with Crippen LogP contribution in [0.4, 0.5) is 5.69 Å². The van der Waals surface area contributed by atoms with Gasteiger partial charge in [0.25, 0.3) is 0 Å². The van der Waals surface area contributed by atoms with E-state index in [0.29, 0.717) is 22.8 Å². The third-order valence-corrected chi connectivity index (χ3v) is 3.90. The average molecular weight is 268 g/mol. The summed E-state index contributed by atoms with van der Waals surface area (Å²) in [5.74, 6) is 0. The van der Waals surface area contributed by atoms with Crippen LogP contribution in [0.5, 0.6) is 0 Å². The Morgan fingerprint density at radius 2 is 2.11 bits per heavy atom. The van der Waals surface area contributed by atoms with Crippen LogP contribution in [0.3, 0.4) is 0 Å². The van der Waals surface area contributed by atoms with E-state index in [2.05, 4.69) is 0 Å². The molecule has 0 radical (unpaired) electrons. The van der Waals surface area contributed by atoms with Gasteiger partial charge in [-0.1, -0.05) is 30.5 Å². The van der Waals surface area contributed by atoms with E-state index >= 15 is 0 Å². The minimum Gasteiger partial charge on any atom is -0.388 e. The molecule has 4 heteroatoms. The Bertz CT molecular complexity index is 441. The number of halogens is 1. The molecule has 0 aromatic heterocycles. The van der Waals surface area contributed by atoms with Gasteiger partial charge in [0.05, 0.1) is 16.3 Å². The summed E-state index contributed by atoms with van der Waals surface area (Å²) in [7, 11) is 1.87. The monoisotopic (exact) mass is 267 g/mol. The summed E-state index contributed by atoms with van der Waals surface area (Å²) in [5.41, 5.74) is 0.620. The van der Waals surface area contributed by atoms with E-state index in [1.54, 1.807) is 18.2 Å². The number of aldehydes is 1. The predicted molar refractivity (Wildman–Crippen MR) is 73.5 cm³/mol. The quantitative estimate of drug-likeness (QED) is 0.853. The van der Waals surface area contributed by atoms with E-state index in [-0.39, 0.29) is 0 Å². The fourth-order valence-electron chi connectivity index (χ4n) is 2.74. The lowest BCUT2D eigenvalue weighted by Gasteiger charge is -2.31. The van der Waals surface area contributed by atoms with Gasteiger partial charge in [-0.15, -0.1) is 0 Å². The average Bonchev–Trinajstić information content (AvgIpc) is 2.75. The number of likely N-dealkylation sites (N-methyl/N-ethyl adjacent to an activating group) is 1. The van der Waals surface area contributed by atoms with Crippen LogP contribution in [0.15, 0.2) is 18.2 Å². The second kappa shape index (κ2) is 5.29. The lowest BCUT2D eigenvalue weighted by atomic mass is 10.0. The number of para-hydroxylation sites is 1. The summed E-state index contributed by atoms with van der Waals surface area (Å²) in [4.78, 5) is 12.9. The topological polar surface area (TPSA) is 40.5 Å². The molecule has 1 fully saturated rings. The van der Waals surface area contributed by atoms with Gasteiger partial charge in [0.2, 0.25) is 0 Å². The molecule has 98 valence electrons. The smallest absolute Gasteiger partial charge is 0.152 e. The molecule has 0 saturated heterocycles. The van der Waals surface area contributed by atoms with Crippen molar-refractivity contribution in [2.45, 2.75) is 31.3 Å². The van der Waals surface area contributed by atoms with Crippen LogP contribution in [-0.4, -0.2) is 30.6 Å². The van der Waals surface area contributed by atoms with Crippen LogP contribution < -0.4 is 4.90 Å². The number of carbonyl (C=O) groups is 1. The van der Waals surface area contributed by atoms with E-state index in [4.69, 9.17) is 11.6 Å². The highest BCUT2D eigenvalue weighted by Gasteiger charge is 2.33. The molecule has 1 aromatic carbocycles. The minimum atomic E-state index is -0.645. The second-order valence-corrected chi connectivity index (χ2v) is 5.49. The number of nitrogens with zero attached hydrogens (tertiary/aromatic N) is 1. The van der Waals surface area contributed by atoms with Crippen molar-refractivity contribution < 1.29 is 9.90 Å². The molecular formula is C14H18ClNO2. The van der Waals surface area contributed by atoms with Gasteiger partial charge in [-0.2, -0.15) is 0 Å². The van der Waals surface area contributed by atoms with Crippen molar-refractivity contribution in [2.75, 3.05) is 18.5 Å². The Morgan fingerprint density at radius 1 is 1.44 bits per heavy atom. The molecule has 3 nitrogen and oxygen atoms in total. The third kappa shape index (κ3) is 2.68. The first-order valence-electron chi connectivity index (χ1n) is 6.23. The van der Waals surface area contributed by atoms with Crippen molar-refractivity contribution in [3.05, 3.63) is 28.8 Å². The van der Waals surface area contributed by atoms with Crippen molar-refractivity contribution >= 4 is 23.6 Å². The lowest BCUT2D eigenvalue weighted by Crippen LogP contribution is -2.39. The number of benzene rings is 1. The fourth-order valence-corrected chi connectivity index (χ4v) is 3.07. The molecular weight excluding hydrogens is 250 g/mol. The van der Waals surface area contributed by atoms with Gasteiger partial charge in [0, 0.05) is 19.2 Å². The van der Waals surface area contributed by atoms with Gasteiger partial charge >= 0.3 is 0 Å². The molecule has 0 aliphatic heterocycles. The number of hydrogen-bond donors (Lipinski definition) is 1. The van der Waals surface area contributed by atoms with Crippen molar-refractivity contribution in [1.82, 2.24) is 0 Å². The van der Waals surface area contributed by atoms with Gasteiger partial charge in [-0.05, 0) is 25.0 Å². The Labute approximate surface area is 112 Å². The normalized spacial score (nSPS) is 17.7. The van der Waals surface area contributed by atoms with E-state index in [1.807, 2.05) is 11.9 Å². The number of hydrogen-bond acceptors (Lipinski definition) is 3. The zero-order valence-corrected chi connectivity index (χ0v) is 11.3. The number of carbonyl (C=O) groups excluding carboxylic acids is 1. The summed E-state index contributed by atoms with van der Waals surface area (Å²) < 4.78 is 0. The molecule has 2 rings (SSSR count). The van der Waals surface area contributed by atoms with Crippen LogP contribution in [0.25, 0.3) is 0 Å². The van der Waals surface area contributed by atoms with E-state index in [9.17, 15) is 9.90 Å². The van der Waals surface area contributed by atoms with Gasteiger partial charge in [-0.25, -0.2) is 0 Å². The molecule has 0 unspecified atom stereocenters. The van der Waals surface area contributed by atoms with Crippen molar-refractivity contribution in [1.29, 1.82) is 0 Å². The summed E-state index contributed by atoms with van der Waals surface area (Å²) in [6.45, 7) is 0.511. The van der Waals surface area contributed by atoms with E-state index in [1.165, 1.54) is 0 Å². The first-order valence-corrected chi connectivity index (χ1v) is 6.61. The van der Waals surface area contributed by atoms with Crippen LogP contribution in [-0.2, 0) is 0 Å². The zero-order valence-electron chi connectivity index (χ0n) is 10.5. The molecule has 1 aliphatic rings. The summed E-state index contributed by atoms with van der Waals surface area (Å²) in [5, 5.41) is 10.9. The summed E-state index contributed by atoms with van der Waals surface area (Å²) in [6.07, 6.45) is 4.56. The molecule has 1 N–H and O–H groups in total. The van der Waals surface area contributed by atoms with Crippen molar-refractivity contribution in [3.8, 4) is 0 Å². The Kier molecular flexibility index (Phi) is 3.93. The van der Waals surface area contributed by atoms with Crippen LogP contribution >= 0.6 is 11.6 Å². The zero-order chi connectivity index (χ0) is 13.2. The Hall–Kier alpha value is -1.06.